The van der Waals surface area contributed by atoms with Crippen molar-refractivity contribution in [3.05, 3.63) is 94.8 Å². The van der Waals surface area contributed by atoms with E-state index >= 15 is 0 Å². The summed E-state index contributed by atoms with van der Waals surface area (Å²) in [5.41, 5.74) is 1.45. The minimum Gasteiger partial charge on any atom is -0.508 e. The predicted octanol–water partition coefficient (Wildman–Crippen LogP) is 3.37. The fourth-order valence-corrected chi connectivity index (χ4v) is 6.13. The highest BCUT2D eigenvalue weighted by atomic mass is 19.1. The molecule has 8 nitrogen and oxygen atoms in total. The summed E-state index contributed by atoms with van der Waals surface area (Å²) in [4.78, 5) is 45.2. The molecule has 3 aromatic carbocycles. The van der Waals surface area contributed by atoms with E-state index in [4.69, 9.17) is 0 Å². The third kappa shape index (κ3) is 6.16. The van der Waals surface area contributed by atoms with Crippen LogP contribution in [0.15, 0.2) is 66.7 Å². The Kier molecular flexibility index (Phi) is 8.46. The summed E-state index contributed by atoms with van der Waals surface area (Å²) in [6.07, 6.45) is 0. The molecule has 214 valence electrons. The number of hydrogen-bond acceptors (Lipinski definition) is 7. The van der Waals surface area contributed by atoms with Gasteiger partial charge in [-0.2, -0.15) is 0 Å². The van der Waals surface area contributed by atoms with Crippen LogP contribution >= 0.6 is 0 Å². The van der Waals surface area contributed by atoms with Crippen molar-refractivity contribution in [2.24, 2.45) is 11.8 Å². The molecular formula is C32H34FN3O5. The van der Waals surface area contributed by atoms with Gasteiger partial charge in [-0.3, -0.25) is 19.3 Å². The molecule has 3 aromatic rings. The van der Waals surface area contributed by atoms with Gasteiger partial charge in [0, 0.05) is 68.1 Å². The first-order chi connectivity index (χ1) is 19.7. The molecule has 0 radical (unpaired) electrons. The molecule has 41 heavy (non-hydrogen) atoms. The second kappa shape index (κ2) is 12.2. The summed E-state index contributed by atoms with van der Waals surface area (Å²) in [5, 5.41) is 23.4. The van der Waals surface area contributed by atoms with E-state index in [-0.39, 0.29) is 59.7 Å². The van der Waals surface area contributed by atoms with Crippen molar-refractivity contribution in [1.29, 1.82) is 0 Å². The average molecular weight is 560 g/mol. The zero-order valence-corrected chi connectivity index (χ0v) is 22.9. The second-order valence-electron chi connectivity index (χ2n) is 10.8. The lowest BCUT2D eigenvalue weighted by Gasteiger charge is -2.44. The minimum absolute atomic E-state index is 0.0303. The van der Waals surface area contributed by atoms with Crippen LogP contribution < -0.4 is 5.32 Å². The van der Waals surface area contributed by atoms with Crippen molar-refractivity contribution in [3.63, 3.8) is 0 Å². The van der Waals surface area contributed by atoms with Crippen LogP contribution in [0.2, 0.25) is 0 Å². The van der Waals surface area contributed by atoms with E-state index in [2.05, 4.69) is 5.32 Å². The molecule has 5 rings (SSSR count). The summed E-state index contributed by atoms with van der Waals surface area (Å²) in [6.45, 7) is 4.57. The Bertz CT molecular complexity index is 1390. The number of halogens is 1. The van der Waals surface area contributed by atoms with Gasteiger partial charge in [-0.1, -0.05) is 36.4 Å². The van der Waals surface area contributed by atoms with Gasteiger partial charge in [0.1, 0.15) is 17.3 Å². The number of hydrogen-bond donors (Lipinski definition) is 3. The first-order valence-corrected chi connectivity index (χ1v) is 13.8. The number of likely N-dealkylation sites (tertiary alicyclic amines) is 1. The van der Waals surface area contributed by atoms with Gasteiger partial charge in [0.15, 0.2) is 11.6 Å². The highest BCUT2D eigenvalue weighted by Crippen LogP contribution is 2.42. The third-order valence-electron chi connectivity index (χ3n) is 8.21. The van der Waals surface area contributed by atoms with Crippen molar-refractivity contribution >= 4 is 17.5 Å². The third-order valence-corrected chi connectivity index (χ3v) is 8.21. The first-order valence-electron chi connectivity index (χ1n) is 13.8. The molecule has 2 fully saturated rings. The van der Waals surface area contributed by atoms with Crippen LogP contribution in [0.1, 0.15) is 37.8 Å². The normalized spacial score (nSPS) is 21.4. The Morgan fingerprint density at radius 1 is 0.854 bits per heavy atom. The van der Waals surface area contributed by atoms with E-state index in [0.29, 0.717) is 37.3 Å². The standard InChI is InChI=1S/C32H34FN3O5/c1-20-25(9-4-10-28(20)33)30-26(31(40)21-5-2-7-23(37)15-21)17-35(19-29(39)36-13-11-34-12-14-36)18-27(30)32(41)22-6-3-8-24(38)16-22/h2-10,15-16,26-27,30,34,37-38H,11-14,17-19H2,1H3. The number of nitrogens with one attached hydrogen (secondary N) is 1. The molecule has 2 aliphatic heterocycles. The molecule has 2 saturated heterocycles. The molecule has 2 atom stereocenters. The molecule has 0 saturated carbocycles. The number of piperazine rings is 1. The lowest BCUT2D eigenvalue weighted by Crippen LogP contribution is -2.55. The van der Waals surface area contributed by atoms with Crippen molar-refractivity contribution in [2.75, 3.05) is 45.8 Å². The van der Waals surface area contributed by atoms with Gasteiger partial charge in [-0.05, 0) is 48.4 Å². The summed E-state index contributed by atoms with van der Waals surface area (Å²) in [7, 11) is 0. The van der Waals surface area contributed by atoms with E-state index in [1.807, 2.05) is 4.90 Å². The summed E-state index contributed by atoms with van der Waals surface area (Å²) in [5.74, 6) is -3.59. The molecular weight excluding hydrogens is 525 g/mol. The molecule has 1 amide bonds. The highest BCUT2D eigenvalue weighted by molar-refractivity contribution is 6.02. The van der Waals surface area contributed by atoms with Crippen molar-refractivity contribution in [3.8, 4) is 11.5 Å². The Morgan fingerprint density at radius 3 is 1.93 bits per heavy atom. The number of aromatic hydroxyl groups is 2. The largest absolute Gasteiger partial charge is 0.508 e. The monoisotopic (exact) mass is 559 g/mol. The number of benzene rings is 3. The number of phenolic OH excluding ortho intramolecular Hbond substituents is 2. The van der Waals surface area contributed by atoms with Crippen LogP contribution in [0, 0.1) is 24.6 Å². The molecule has 2 heterocycles. The fourth-order valence-electron chi connectivity index (χ4n) is 6.13. The number of carbonyl (C=O) groups is 3. The maximum atomic E-state index is 14.9. The van der Waals surface area contributed by atoms with Crippen molar-refractivity contribution < 1.29 is 29.0 Å². The van der Waals surface area contributed by atoms with Gasteiger partial charge in [0.05, 0.1) is 6.54 Å². The number of carbonyl (C=O) groups excluding carboxylic acids is 3. The van der Waals surface area contributed by atoms with Crippen LogP contribution in [-0.4, -0.2) is 83.3 Å². The SMILES string of the molecule is Cc1c(F)cccc1C1C(C(=O)c2cccc(O)c2)CN(CC(=O)N2CCNCC2)CC1C(=O)c1cccc(O)c1. The van der Waals surface area contributed by atoms with Crippen molar-refractivity contribution in [2.45, 2.75) is 12.8 Å². The number of amides is 1. The molecule has 0 aliphatic carbocycles. The van der Waals surface area contributed by atoms with Gasteiger partial charge < -0.3 is 20.4 Å². The molecule has 0 aromatic heterocycles. The Morgan fingerprint density at radius 2 is 1.39 bits per heavy atom. The van der Waals surface area contributed by atoms with Crippen LogP contribution in [0.3, 0.4) is 0 Å². The lowest BCUT2D eigenvalue weighted by atomic mass is 9.67. The molecule has 0 spiro atoms. The van der Waals surface area contributed by atoms with Gasteiger partial charge in [0.2, 0.25) is 5.91 Å². The Hall–Kier alpha value is -4.08. The van der Waals surface area contributed by atoms with E-state index in [1.165, 1.54) is 30.3 Å². The lowest BCUT2D eigenvalue weighted by molar-refractivity contribution is -0.133. The quantitative estimate of drug-likeness (QED) is 0.381. The van der Waals surface area contributed by atoms with Crippen LogP contribution in [0.25, 0.3) is 0 Å². The van der Waals surface area contributed by atoms with E-state index in [9.17, 15) is 29.0 Å². The van der Waals surface area contributed by atoms with Gasteiger partial charge in [-0.25, -0.2) is 4.39 Å². The zero-order chi connectivity index (χ0) is 29.1. The van der Waals surface area contributed by atoms with E-state index < -0.39 is 23.6 Å². The topological polar surface area (TPSA) is 110 Å². The summed E-state index contributed by atoms with van der Waals surface area (Å²) < 4.78 is 14.9. The number of piperidine rings is 1. The molecule has 9 heteroatoms. The maximum Gasteiger partial charge on any atom is 0.236 e. The number of ketones is 2. The molecule has 2 unspecified atom stereocenters. The maximum absolute atomic E-state index is 14.9. The predicted molar refractivity (Wildman–Crippen MR) is 152 cm³/mol. The highest BCUT2D eigenvalue weighted by Gasteiger charge is 2.46. The first kappa shape index (κ1) is 28.4. The number of nitrogens with zero attached hydrogens (tertiary/aromatic N) is 2. The zero-order valence-electron chi connectivity index (χ0n) is 22.9. The summed E-state index contributed by atoms with van der Waals surface area (Å²) >= 11 is 0. The Labute approximate surface area is 238 Å². The van der Waals surface area contributed by atoms with Gasteiger partial charge >= 0.3 is 0 Å². The molecule has 2 aliphatic rings. The van der Waals surface area contributed by atoms with E-state index in [1.54, 1.807) is 48.2 Å². The minimum atomic E-state index is -0.812. The smallest absolute Gasteiger partial charge is 0.236 e. The van der Waals surface area contributed by atoms with Gasteiger partial charge in [0.25, 0.3) is 0 Å². The molecule has 0 bridgehead atoms. The average Bonchev–Trinajstić information content (AvgIpc) is 2.98. The fraction of sp³-hybridized carbons (Fsp3) is 0.344. The second-order valence-corrected chi connectivity index (χ2v) is 10.8. The number of Topliss-reactive ketones (excluding diaryl/α,β-unsaturated/α-hetero) is 2. The van der Waals surface area contributed by atoms with E-state index in [0.717, 1.165) is 0 Å². The molecule has 3 N–H and O–H groups in total. The van der Waals surface area contributed by atoms with Crippen LogP contribution in [0.5, 0.6) is 11.5 Å². The van der Waals surface area contributed by atoms with Crippen molar-refractivity contribution in [1.82, 2.24) is 15.1 Å². The number of rotatable bonds is 7. The Balaban J connectivity index is 1.59. The van der Waals surface area contributed by atoms with Gasteiger partial charge in [-0.15, -0.1) is 0 Å². The number of phenols is 2. The van der Waals surface area contributed by atoms with Crippen LogP contribution in [-0.2, 0) is 4.79 Å². The van der Waals surface area contributed by atoms with Crippen LogP contribution in [0.4, 0.5) is 4.39 Å². The summed E-state index contributed by atoms with van der Waals surface area (Å²) in [6, 6.07) is 16.7.